The maximum Gasteiger partial charge on any atom is 0.508 e. The highest BCUT2D eigenvalue weighted by atomic mass is 16.7. The van der Waals surface area contributed by atoms with Gasteiger partial charge in [-0.3, -0.25) is 4.79 Å². The first-order valence-electron chi connectivity index (χ1n) is 8.30. The zero-order valence-electron chi connectivity index (χ0n) is 15.1. The first kappa shape index (κ1) is 20.7. The number of carbonyl (C=O) groups excluding carboxylic acids is 2. The predicted octanol–water partition coefficient (Wildman–Crippen LogP) is 4.77. The molecule has 1 aliphatic carbocycles. The predicted molar refractivity (Wildman–Crippen MR) is 88.7 cm³/mol. The van der Waals surface area contributed by atoms with Crippen LogP contribution in [0.4, 0.5) is 4.79 Å². The molecule has 0 amide bonds. The minimum absolute atomic E-state index is 0.0271. The van der Waals surface area contributed by atoms with E-state index in [2.05, 4.69) is 32.9 Å². The standard InChI is InChI=1S/C16H26O4.C2H6/c1-6-19-15(18)20-12(3)10-13(17)14-11(2)8-7-9-16(14,4)5;1-2/h7-8,11-12,14H,6,9-10H2,1-5H3;1-2H3. The van der Waals surface area contributed by atoms with E-state index < -0.39 is 12.3 Å². The molecule has 0 spiro atoms. The van der Waals surface area contributed by atoms with Crippen LogP contribution in [0.15, 0.2) is 12.2 Å². The Morgan fingerprint density at radius 1 is 1.32 bits per heavy atom. The van der Waals surface area contributed by atoms with Crippen LogP contribution in [0.25, 0.3) is 0 Å². The molecule has 0 radical (unpaired) electrons. The first-order valence-corrected chi connectivity index (χ1v) is 8.30. The SMILES string of the molecule is CC.CCOC(=O)OC(C)CC(=O)C1C(C)C=CCC1(C)C. The van der Waals surface area contributed by atoms with Gasteiger partial charge in [0.1, 0.15) is 11.9 Å². The van der Waals surface area contributed by atoms with Crippen molar-refractivity contribution in [3.05, 3.63) is 12.2 Å². The second-order valence-corrected chi connectivity index (χ2v) is 6.24. The van der Waals surface area contributed by atoms with Gasteiger partial charge in [0.05, 0.1) is 6.61 Å². The second kappa shape index (κ2) is 9.65. The zero-order chi connectivity index (χ0) is 17.3. The van der Waals surface area contributed by atoms with Crippen LogP contribution in [0.3, 0.4) is 0 Å². The fourth-order valence-corrected chi connectivity index (χ4v) is 3.03. The molecule has 22 heavy (non-hydrogen) atoms. The van der Waals surface area contributed by atoms with Gasteiger partial charge in [0, 0.05) is 12.3 Å². The van der Waals surface area contributed by atoms with Crippen molar-refractivity contribution in [1.29, 1.82) is 0 Å². The van der Waals surface area contributed by atoms with E-state index >= 15 is 0 Å². The number of allylic oxidation sites excluding steroid dienone is 2. The lowest BCUT2D eigenvalue weighted by molar-refractivity contribution is -0.130. The lowest BCUT2D eigenvalue weighted by Crippen LogP contribution is -2.38. The van der Waals surface area contributed by atoms with Crippen molar-refractivity contribution in [2.24, 2.45) is 17.3 Å². The Kier molecular flexibility index (Phi) is 9.07. The first-order chi connectivity index (χ1) is 10.3. The largest absolute Gasteiger partial charge is 0.508 e. The number of carbonyl (C=O) groups is 2. The molecule has 0 saturated heterocycles. The van der Waals surface area contributed by atoms with Crippen LogP contribution in [0.2, 0.25) is 0 Å². The molecule has 0 bridgehead atoms. The van der Waals surface area contributed by atoms with Crippen molar-refractivity contribution in [3.63, 3.8) is 0 Å². The molecule has 0 heterocycles. The van der Waals surface area contributed by atoms with Gasteiger partial charge in [-0.1, -0.05) is 46.8 Å². The maximum atomic E-state index is 12.5. The van der Waals surface area contributed by atoms with E-state index in [4.69, 9.17) is 9.47 Å². The van der Waals surface area contributed by atoms with Crippen molar-refractivity contribution in [2.45, 2.75) is 67.4 Å². The molecular weight excluding hydrogens is 280 g/mol. The van der Waals surface area contributed by atoms with Gasteiger partial charge in [0.25, 0.3) is 0 Å². The summed E-state index contributed by atoms with van der Waals surface area (Å²) < 4.78 is 9.77. The van der Waals surface area contributed by atoms with E-state index in [1.54, 1.807) is 13.8 Å². The number of hydrogen-bond donors (Lipinski definition) is 0. The summed E-state index contributed by atoms with van der Waals surface area (Å²) in [4.78, 5) is 23.7. The van der Waals surface area contributed by atoms with Crippen molar-refractivity contribution in [1.82, 2.24) is 0 Å². The molecule has 0 N–H and O–H groups in total. The molecule has 0 saturated carbocycles. The molecule has 0 aromatic carbocycles. The lowest BCUT2D eigenvalue weighted by Gasteiger charge is -2.39. The minimum Gasteiger partial charge on any atom is -0.435 e. The summed E-state index contributed by atoms with van der Waals surface area (Å²) >= 11 is 0. The van der Waals surface area contributed by atoms with Crippen LogP contribution >= 0.6 is 0 Å². The van der Waals surface area contributed by atoms with Gasteiger partial charge in [0.2, 0.25) is 0 Å². The molecule has 1 aliphatic rings. The van der Waals surface area contributed by atoms with Gasteiger partial charge in [-0.05, 0) is 31.6 Å². The van der Waals surface area contributed by atoms with Crippen molar-refractivity contribution in [2.75, 3.05) is 6.61 Å². The highest BCUT2D eigenvalue weighted by molar-refractivity contribution is 5.83. The van der Waals surface area contributed by atoms with Crippen LogP contribution in [0, 0.1) is 17.3 Å². The van der Waals surface area contributed by atoms with Crippen molar-refractivity contribution in [3.8, 4) is 0 Å². The van der Waals surface area contributed by atoms with Crippen LogP contribution in [-0.2, 0) is 14.3 Å². The molecule has 3 unspecified atom stereocenters. The summed E-state index contributed by atoms with van der Waals surface area (Å²) in [6.45, 7) is 14.0. The molecular formula is C18H32O4. The number of hydrogen-bond acceptors (Lipinski definition) is 4. The third-order valence-electron chi connectivity index (χ3n) is 3.85. The Hall–Kier alpha value is -1.32. The fraction of sp³-hybridized carbons (Fsp3) is 0.778. The average molecular weight is 312 g/mol. The maximum absolute atomic E-state index is 12.5. The van der Waals surface area contributed by atoms with Crippen LogP contribution < -0.4 is 0 Å². The van der Waals surface area contributed by atoms with E-state index in [0.717, 1.165) is 6.42 Å². The number of Topliss-reactive ketones (excluding diaryl/α,β-unsaturated/α-hetero) is 1. The molecule has 128 valence electrons. The van der Waals surface area contributed by atoms with Crippen molar-refractivity contribution < 1.29 is 19.1 Å². The van der Waals surface area contributed by atoms with E-state index in [1.807, 2.05) is 13.8 Å². The highest BCUT2D eigenvalue weighted by Gasteiger charge is 2.39. The molecule has 0 aromatic rings. The minimum atomic E-state index is -0.705. The fourth-order valence-electron chi connectivity index (χ4n) is 3.03. The van der Waals surface area contributed by atoms with Crippen molar-refractivity contribution >= 4 is 11.9 Å². The molecule has 4 nitrogen and oxygen atoms in total. The summed E-state index contributed by atoms with van der Waals surface area (Å²) in [5.74, 6) is 0.352. The highest BCUT2D eigenvalue weighted by Crippen LogP contribution is 2.41. The average Bonchev–Trinajstić information content (AvgIpc) is 2.39. The topological polar surface area (TPSA) is 52.6 Å². The summed E-state index contributed by atoms with van der Waals surface area (Å²) in [6, 6.07) is 0. The Morgan fingerprint density at radius 2 is 1.91 bits per heavy atom. The van der Waals surface area contributed by atoms with Gasteiger partial charge in [-0.2, -0.15) is 0 Å². The summed E-state index contributed by atoms with van der Waals surface area (Å²) in [5, 5.41) is 0. The van der Waals surface area contributed by atoms with E-state index in [0.29, 0.717) is 0 Å². The van der Waals surface area contributed by atoms with Gasteiger partial charge >= 0.3 is 6.16 Å². The van der Waals surface area contributed by atoms with Crippen LogP contribution in [0.5, 0.6) is 0 Å². The normalized spacial score (nSPS) is 23.8. The molecule has 3 atom stereocenters. The van der Waals surface area contributed by atoms with Gasteiger partial charge in [-0.25, -0.2) is 4.79 Å². The van der Waals surface area contributed by atoms with Gasteiger partial charge < -0.3 is 9.47 Å². The number of ketones is 1. The summed E-state index contributed by atoms with van der Waals surface area (Å²) in [5.41, 5.74) is -0.0467. The van der Waals surface area contributed by atoms with Crippen LogP contribution in [0.1, 0.15) is 61.3 Å². The zero-order valence-corrected chi connectivity index (χ0v) is 15.1. The Labute approximate surface area is 135 Å². The van der Waals surface area contributed by atoms with E-state index in [-0.39, 0.29) is 36.1 Å². The molecule has 0 aliphatic heterocycles. The Morgan fingerprint density at radius 3 is 2.41 bits per heavy atom. The molecule has 1 rings (SSSR count). The summed E-state index contributed by atoms with van der Waals surface area (Å²) in [6.07, 6.45) is 4.24. The Bertz CT molecular complexity index is 385. The molecule has 0 aromatic heterocycles. The Balaban J connectivity index is 0.00000211. The third kappa shape index (κ3) is 6.20. The lowest BCUT2D eigenvalue weighted by atomic mass is 9.65. The van der Waals surface area contributed by atoms with Gasteiger partial charge in [0.15, 0.2) is 0 Å². The monoisotopic (exact) mass is 312 g/mol. The second-order valence-electron chi connectivity index (χ2n) is 6.24. The van der Waals surface area contributed by atoms with Crippen LogP contribution in [-0.4, -0.2) is 24.6 Å². The number of ether oxygens (including phenoxy) is 2. The third-order valence-corrected chi connectivity index (χ3v) is 3.85. The van der Waals surface area contributed by atoms with E-state index in [1.165, 1.54) is 0 Å². The number of rotatable bonds is 5. The quantitative estimate of drug-likeness (QED) is 0.542. The molecule has 4 heteroatoms. The smallest absolute Gasteiger partial charge is 0.435 e. The molecule has 0 fully saturated rings. The van der Waals surface area contributed by atoms with E-state index in [9.17, 15) is 9.59 Å². The van der Waals surface area contributed by atoms with Gasteiger partial charge in [-0.15, -0.1) is 0 Å². The summed E-state index contributed by atoms with van der Waals surface area (Å²) in [7, 11) is 0.